The fraction of sp³-hybridized carbons (Fsp3) is 0.500. The van der Waals surface area contributed by atoms with Crippen molar-refractivity contribution in [2.75, 3.05) is 13.1 Å². The van der Waals surface area contributed by atoms with E-state index in [2.05, 4.69) is 15.3 Å². The van der Waals surface area contributed by atoms with Crippen LogP contribution in [0, 0.1) is 0 Å². The summed E-state index contributed by atoms with van der Waals surface area (Å²) in [5.74, 6) is 0. The number of halogens is 2. The zero-order valence-corrected chi connectivity index (χ0v) is 10.2. The van der Waals surface area contributed by atoms with Crippen molar-refractivity contribution in [1.82, 2.24) is 15.3 Å². The van der Waals surface area contributed by atoms with Crippen LogP contribution in [0.3, 0.4) is 0 Å². The second kappa shape index (κ2) is 5.75. The highest BCUT2D eigenvalue weighted by atomic mass is 35.5. The number of rotatable bonds is 2. The van der Waals surface area contributed by atoms with Crippen molar-refractivity contribution in [2.45, 2.75) is 16.8 Å². The maximum Gasteiger partial charge on any atom is 0.218 e. The SMILES string of the molecule is Cl.O=S(c1ncc(Cl)cn1)[C@H]1CCNC1. The molecule has 4 nitrogen and oxygen atoms in total. The summed E-state index contributed by atoms with van der Waals surface area (Å²) in [7, 11) is -1.11. The van der Waals surface area contributed by atoms with Crippen molar-refractivity contribution in [3.63, 3.8) is 0 Å². The van der Waals surface area contributed by atoms with Gasteiger partial charge in [-0.3, -0.25) is 4.21 Å². The average Bonchev–Trinajstić information content (AvgIpc) is 2.71. The summed E-state index contributed by atoms with van der Waals surface area (Å²) < 4.78 is 11.9. The summed E-state index contributed by atoms with van der Waals surface area (Å²) in [5, 5.41) is 4.14. The molecule has 1 aromatic rings. The maximum atomic E-state index is 11.9. The molecule has 1 aromatic heterocycles. The molecule has 1 saturated heterocycles. The van der Waals surface area contributed by atoms with E-state index in [9.17, 15) is 4.21 Å². The lowest BCUT2D eigenvalue weighted by Gasteiger charge is -2.05. The van der Waals surface area contributed by atoms with Gasteiger partial charge < -0.3 is 5.32 Å². The molecule has 2 heterocycles. The molecular weight excluding hydrogens is 257 g/mol. The van der Waals surface area contributed by atoms with Crippen LogP contribution in [0.15, 0.2) is 17.6 Å². The van der Waals surface area contributed by atoms with Crippen LogP contribution in [0.1, 0.15) is 6.42 Å². The zero-order valence-electron chi connectivity index (χ0n) is 7.85. The molecule has 0 aliphatic carbocycles. The van der Waals surface area contributed by atoms with E-state index in [0.29, 0.717) is 10.2 Å². The minimum absolute atomic E-state index is 0. The molecule has 84 valence electrons. The van der Waals surface area contributed by atoms with Gasteiger partial charge in [-0.2, -0.15) is 0 Å². The number of aromatic nitrogens is 2. The van der Waals surface area contributed by atoms with Crippen LogP contribution in [-0.4, -0.2) is 32.5 Å². The molecule has 1 aliphatic heterocycles. The van der Waals surface area contributed by atoms with Crippen LogP contribution in [-0.2, 0) is 10.8 Å². The van der Waals surface area contributed by atoms with E-state index >= 15 is 0 Å². The third kappa shape index (κ3) is 3.11. The highest BCUT2D eigenvalue weighted by molar-refractivity contribution is 7.85. The van der Waals surface area contributed by atoms with Crippen LogP contribution in [0.4, 0.5) is 0 Å². The van der Waals surface area contributed by atoms with Crippen LogP contribution in [0.25, 0.3) is 0 Å². The number of nitrogens with one attached hydrogen (secondary N) is 1. The van der Waals surface area contributed by atoms with E-state index < -0.39 is 10.8 Å². The van der Waals surface area contributed by atoms with Gasteiger partial charge in [0.05, 0.1) is 33.5 Å². The van der Waals surface area contributed by atoms with Gasteiger partial charge in [-0.1, -0.05) is 11.6 Å². The lowest BCUT2D eigenvalue weighted by Crippen LogP contribution is -2.20. The molecule has 1 fully saturated rings. The van der Waals surface area contributed by atoms with Gasteiger partial charge in [-0.25, -0.2) is 9.97 Å². The van der Waals surface area contributed by atoms with Gasteiger partial charge in [-0.05, 0) is 13.0 Å². The molecular formula is C8H11Cl2N3OS. The first-order valence-electron chi connectivity index (χ1n) is 4.36. The Morgan fingerprint density at radius 1 is 1.47 bits per heavy atom. The van der Waals surface area contributed by atoms with Crippen molar-refractivity contribution in [3.05, 3.63) is 17.4 Å². The predicted octanol–water partition coefficient (Wildman–Crippen LogP) is 1.02. The van der Waals surface area contributed by atoms with Gasteiger partial charge in [-0.15, -0.1) is 12.4 Å². The first kappa shape index (κ1) is 12.8. The van der Waals surface area contributed by atoms with Crippen LogP contribution < -0.4 is 5.32 Å². The standard InChI is InChI=1S/C8H10ClN3OS.ClH/c9-6-3-11-8(12-4-6)14(13)7-1-2-10-5-7;/h3-4,7,10H,1-2,5H2;1H/t7-,14?;/m0./s1. The number of nitrogens with zero attached hydrogens (tertiary/aromatic N) is 2. The van der Waals surface area contributed by atoms with E-state index in [1.54, 1.807) is 0 Å². The lowest BCUT2D eigenvalue weighted by molar-refractivity contribution is 0.664. The second-order valence-electron chi connectivity index (χ2n) is 3.10. The summed E-state index contributed by atoms with van der Waals surface area (Å²) in [6.45, 7) is 1.70. The molecule has 0 bridgehead atoms. The van der Waals surface area contributed by atoms with Crippen molar-refractivity contribution >= 4 is 34.8 Å². The molecule has 1 unspecified atom stereocenters. The molecule has 2 rings (SSSR count). The number of hydrogen-bond acceptors (Lipinski definition) is 4. The maximum absolute atomic E-state index is 11.9. The topological polar surface area (TPSA) is 54.9 Å². The van der Waals surface area contributed by atoms with Crippen molar-refractivity contribution in [3.8, 4) is 0 Å². The monoisotopic (exact) mass is 267 g/mol. The Kier molecular flexibility index (Phi) is 4.92. The van der Waals surface area contributed by atoms with Gasteiger partial charge in [0.2, 0.25) is 5.16 Å². The molecule has 0 aromatic carbocycles. The van der Waals surface area contributed by atoms with Crippen molar-refractivity contribution in [2.24, 2.45) is 0 Å². The Morgan fingerprint density at radius 3 is 2.67 bits per heavy atom. The second-order valence-corrected chi connectivity index (χ2v) is 5.16. The first-order chi connectivity index (χ1) is 6.77. The van der Waals surface area contributed by atoms with E-state index in [1.165, 1.54) is 12.4 Å². The van der Waals surface area contributed by atoms with Gasteiger partial charge in [0.15, 0.2) is 0 Å². The Hall–Kier alpha value is -0.230. The Bertz CT molecular complexity index is 340. The molecule has 1 aliphatic rings. The summed E-state index contributed by atoms with van der Waals surface area (Å²) in [4.78, 5) is 7.90. The van der Waals surface area contributed by atoms with E-state index in [1.807, 2.05) is 0 Å². The largest absolute Gasteiger partial charge is 0.315 e. The van der Waals surface area contributed by atoms with Crippen LogP contribution >= 0.6 is 24.0 Å². The summed E-state index contributed by atoms with van der Waals surface area (Å²) in [6, 6.07) is 0. The molecule has 0 spiro atoms. The van der Waals surface area contributed by atoms with Gasteiger partial charge >= 0.3 is 0 Å². The minimum atomic E-state index is -1.11. The molecule has 0 amide bonds. The fourth-order valence-corrected chi connectivity index (χ4v) is 2.67. The molecule has 15 heavy (non-hydrogen) atoms. The first-order valence-corrected chi connectivity index (χ1v) is 5.95. The normalized spacial score (nSPS) is 22.1. The smallest absolute Gasteiger partial charge is 0.218 e. The Morgan fingerprint density at radius 2 is 2.13 bits per heavy atom. The quantitative estimate of drug-likeness (QED) is 0.814. The van der Waals surface area contributed by atoms with Crippen molar-refractivity contribution in [1.29, 1.82) is 0 Å². The molecule has 1 N–H and O–H groups in total. The fourth-order valence-electron chi connectivity index (χ4n) is 1.36. The van der Waals surface area contributed by atoms with Crippen LogP contribution in [0.5, 0.6) is 0 Å². The van der Waals surface area contributed by atoms with Crippen LogP contribution in [0.2, 0.25) is 5.02 Å². The van der Waals surface area contributed by atoms with Gasteiger partial charge in [0.25, 0.3) is 0 Å². The summed E-state index contributed by atoms with van der Waals surface area (Å²) in [6.07, 6.45) is 3.87. The van der Waals surface area contributed by atoms with Gasteiger partial charge in [0.1, 0.15) is 0 Å². The highest BCUT2D eigenvalue weighted by Crippen LogP contribution is 2.13. The van der Waals surface area contributed by atoms with E-state index in [-0.39, 0.29) is 17.7 Å². The summed E-state index contributed by atoms with van der Waals surface area (Å²) in [5.41, 5.74) is 0. The van der Waals surface area contributed by atoms with E-state index in [0.717, 1.165) is 19.5 Å². The average molecular weight is 268 g/mol. The zero-order chi connectivity index (χ0) is 9.97. The minimum Gasteiger partial charge on any atom is -0.315 e. The Balaban J connectivity index is 0.00000112. The highest BCUT2D eigenvalue weighted by Gasteiger charge is 2.23. The van der Waals surface area contributed by atoms with Gasteiger partial charge in [0, 0.05) is 6.54 Å². The molecule has 7 heteroatoms. The Labute approximate surface area is 102 Å². The number of hydrogen-bond donors (Lipinski definition) is 1. The predicted molar refractivity (Wildman–Crippen MR) is 62.0 cm³/mol. The molecule has 0 saturated carbocycles. The van der Waals surface area contributed by atoms with E-state index in [4.69, 9.17) is 11.6 Å². The molecule has 0 radical (unpaired) electrons. The molecule has 2 atom stereocenters. The third-order valence-corrected chi connectivity index (χ3v) is 3.87. The summed E-state index contributed by atoms with van der Waals surface area (Å²) >= 11 is 5.64. The van der Waals surface area contributed by atoms with Crippen molar-refractivity contribution < 1.29 is 4.21 Å². The third-order valence-electron chi connectivity index (χ3n) is 2.09. The lowest BCUT2D eigenvalue weighted by atomic mass is 10.4.